The highest BCUT2D eigenvalue weighted by molar-refractivity contribution is 7.86. The van der Waals surface area contributed by atoms with Gasteiger partial charge in [-0.15, -0.1) is 0 Å². The molecule has 1 aliphatic rings. The van der Waals surface area contributed by atoms with E-state index in [-0.39, 0.29) is 17.1 Å². The van der Waals surface area contributed by atoms with Crippen LogP contribution in [0.5, 0.6) is 0 Å². The first kappa shape index (κ1) is 19.9. The highest BCUT2D eigenvalue weighted by Gasteiger charge is 2.37. The zero-order valence-corrected chi connectivity index (χ0v) is 17.3. The third-order valence-corrected chi connectivity index (χ3v) is 6.85. The summed E-state index contributed by atoms with van der Waals surface area (Å²) in [5, 5.41) is 11.4. The molecule has 2 atom stereocenters. The Morgan fingerprint density at radius 3 is 2.48 bits per heavy atom. The number of para-hydroxylation sites is 1. The average molecular weight is 431 g/mol. The first-order valence-corrected chi connectivity index (χ1v) is 10.8. The Hall–Kier alpha value is -2.41. The van der Waals surface area contributed by atoms with Gasteiger partial charge < -0.3 is 10.0 Å². The van der Waals surface area contributed by atoms with Crippen LogP contribution in [0.15, 0.2) is 71.6 Å². The van der Waals surface area contributed by atoms with E-state index in [1.54, 1.807) is 41.3 Å². The Labute approximate surface area is 176 Å². The molecule has 0 aromatic heterocycles. The van der Waals surface area contributed by atoms with Crippen molar-refractivity contribution in [1.82, 2.24) is 0 Å². The second-order valence-corrected chi connectivity index (χ2v) is 8.48. The summed E-state index contributed by atoms with van der Waals surface area (Å²) in [6.45, 7) is 2.09. The largest absolute Gasteiger partial charge is 0.356 e. The minimum Gasteiger partial charge on any atom is -0.356 e. The molecular formula is C22H20ClFN2O2S. The van der Waals surface area contributed by atoms with Gasteiger partial charge in [0.2, 0.25) is 6.35 Å². The van der Waals surface area contributed by atoms with E-state index < -0.39 is 23.2 Å². The van der Waals surface area contributed by atoms with Gasteiger partial charge in [-0.3, -0.25) is 0 Å². The molecule has 0 aliphatic carbocycles. The van der Waals surface area contributed by atoms with Gasteiger partial charge in [-0.2, -0.15) is 0 Å². The lowest BCUT2D eigenvalue weighted by molar-refractivity contribution is 0.176. The molecule has 4 rings (SSSR count). The van der Waals surface area contributed by atoms with Crippen LogP contribution >= 0.6 is 11.6 Å². The van der Waals surface area contributed by atoms with Crippen molar-refractivity contribution in [3.05, 3.63) is 88.7 Å². The third kappa shape index (κ3) is 3.64. The van der Waals surface area contributed by atoms with Crippen molar-refractivity contribution in [2.24, 2.45) is 0 Å². The molecule has 7 heteroatoms. The Bertz CT molecular complexity index is 1040. The van der Waals surface area contributed by atoms with Gasteiger partial charge in [0.05, 0.1) is 22.8 Å². The number of benzene rings is 3. The lowest BCUT2D eigenvalue weighted by Crippen LogP contribution is -2.53. The molecule has 0 saturated heterocycles. The quantitative estimate of drug-likeness (QED) is 0.642. The maximum absolute atomic E-state index is 14.4. The second-order valence-electron chi connectivity index (χ2n) is 6.74. The summed E-state index contributed by atoms with van der Waals surface area (Å²) in [5.74, 6) is -0.451. The summed E-state index contributed by atoms with van der Waals surface area (Å²) < 4.78 is 29.1. The maximum Gasteiger partial charge on any atom is 0.220 e. The van der Waals surface area contributed by atoms with Crippen LogP contribution in [0.1, 0.15) is 18.1 Å². The molecule has 0 amide bonds. The van der Waals surface area contributed by atoms with E-state index in [4.69, 9.17) is 11.6 Å². The number of halogens is 2. The third-order valence-electron chi connectivity index (χ3n) is 5.02. The summed E-state index contributed by atoms with van der Waals surface area (Å²) in [6, 6.07) is 19.2. The predicted octanol–water partition coefficient (Wildman–Crippen LogP) is 4.87. The standard InChI is InChI=1S/C22H20ClFN2O2S/c1-2-15-10-12-16(13-11-15)26-22(27)25(14-17-18(23)6-5-7-19(17)24)20-8-3-4-9-21(20)29(26)28/h3-13,22,27H,2,14H2,1H3. The van der Waals surface area contributed by atoms with E-state index in [0.29, 0.717) is 16.3 Å². The number of aliphatic hydroxyl groups is 1. The van der Waals surface area contributed by atoms with Crippen molar-refractivity contribution in [1.29, 1.82) is 0 Å². The normalized spacial score (nSPS) is 18.6. The summed E-state index contributed by atoms with van der Waals surface area (Å²) in [6.07, 6.45) is -0.374. The van der Waals surface area contributed by atoms with E-state index in [2.05, 4.69) is 6.92 Å². The Morgan fingerprint density at radius 1 is 1.07 bits per heavy atom. The number of hydrogen-bond donors (Lipinski definition) is 1. The minimum absolute atomic E-state index is 0.0322. The molecule has 0 spiro atoms. The number of anilines is 2. The van der Waals surface area contributed by atoms with Crippen molar-refractivity contribution in [3.8, 4) is 0 Å². The molecular weight excluding hydrogens is 411 g/mol. The topological polar surface area (TPSA) is 43.8 Å². The number of nitrogens with zero attached hydrogens (tertiary/aromatic N) is 2. The van der Waals surface area contributed by atoms with Gasteiger partial charge in [0, 0.05) is 10.6 Å². The zero-order chi connectivity index (χ0) is 20.5. The maximum atomic E-state index is 14.4. The van der Waals surface area contributed by atoms with Crippen LogP contribution in [0.25, 0.3) is 0 Å². The number of aryl methyl sites for hydroxylation is 1. The van der Waals surface area contributed by atoms with Gasteiger partial charge in [-0.1, -0.05) is 48.9 Å². The SMILES string of the molecule is CCc1ccc(N2C(O)N(Cc3c(F)cccc3Cl)c3ccccc3S2=O)cc1. The molecule has 2 unspecified atom stereocenters. The summed E-state index contributed by atoms with van der Waals surface area (Å²) in [4.78, 5) is 2.15. The van der Waals surface area contributed by atoms with Gasteiger partial charge in [0.25, 0.3) is 0 Å². The molecule has 29 heavy (non-hydrogen) atoms. The lowest BCUT2D eigenvalue weighted by Gasteiger charge is -2.42. The molecule has 150 valence electrons. The molecule has 3 aromatic rings. The van der Waals surface area contributed by atoms with E-state index in [1.165, 1.54) is 10.4 Å². The van der Waals surface area contributed by atoms with Crippen molar-refractivity contribution in [2.75, 3.05) is 9.21 Å². The summed E-state index contributed by atoms with van der Waals surface area (Å²) >= 11 is 6.22. The molecule has 0 fully saturated rings. The fraction of sp³-hybridized carbons (Fsp3) is 0.182. The smallest absolute Gasteiger partial charge is 0.220 e. The molecule has 0 bridgehead atoms. The van der Waals surface area contributed by atoms with Crippen LogP contribution in [0, 0.1) is 5.82 Å². The first-order chi connectivity index (χ1) is 14.0. The highest BCUT2D eigenvalue weighted by atomic mass is 35.5. The predicted molar refractivity (Wildman–Crippen MR) is 115 cm³/mol. The number of rotatable bonds is 4. The van der Waals surface area contributed by atoms with Crippen LogP contribution < -0.4 is 9.21 Å². The molecule has 1 N–H and O–H groups in total. The Morgan fingerprint density at radius 2 is 1.79 bits per heavy atom. The lowest BCUT2D eigenvalue weighted by atomic mass is 10.1. The second kappa shape index (κ2) is 8.14. The van der Waals surface area contributed by atoms with Gasteiger partial charge in [0.1, 0.15) is 5.82 Å². The fourth-order valence-electron chi connectivity index (χ4n) is 3.41. The molecule has 1 heterocycles. The number of hydrogen-bond acceptors (Lipinski definition) is 3. The van der Waals surface area contributed by atoms with Gasteiger partial charge in [-0.05, 0) is 48.4 Å². The monoisotopic (exact) mass is 430 g/mol. The Kier molecular flexibility index (Phi) is 5.58. The van der Waals surface area contributed by atoms with Gasteiger partial charge in [0.15, 0.2) is 11.0 Å². The van der Waals surface area contributed by atoms with Crippen LogP contribution in [0.3, 0.4) is 0 Å². The van der Waals surface area contributed by atoms with Gasteiger partial charge in [-0.25, -0.2) is 12.9 Å². The molecule has 3 aromatic carbocycles. The van der Waals surface area contributed by atoms with E-state index >= 15 is 0 Å². The van der Waals surface area contributed by atoms with Crippen LogP contribution in [-0.2, 0) is 24.0 Å². The molecule has 0 saturated carbocycles. The van der Waals surface area contributed by atoms with Crippen LogP contribution in [0.2, 0.25) is 5.02 Å². The zero-order valence-electron chi connectivity index (χ0n) is 15.8. The van der Waals surface area contributed by atoms with Gasteiger partial charge >= 0.3 is 0 Å². The summed E-state index contributed by atoms with van der Waals surface area (Å²) in [7, 11) is -1.62. The van der Waals surface area contributed by atoms with Crippen molar-refractivity contribution < 1.29 is 13.7 Å². The van der Waals surface area contributed by atoms with Crippen LogP contribution in [-0.4, -0.2) is 15.7 Å². The minimum atomic E-state index is -1.62. The summed E-state index contributed by atoms with van der Waals surface area (Å²) in [5.41, 5.74) is 2.62. The van der Waals surface area contributed by atoms with Crippen molar-refractivity contribution >= 4 is 34.0 Å². The molecule has 4 nitrogen and oxygen atoms in total. The van der Waals surface area contributed by atoms with E-state index in [0.717, 1.165) is 12.0 Å². The Balaban J connectivity index is 1.79. The number of aliphatic hydroxyl groups excluding tert-OH is 1. The average Bonchev–Trinajstić information content (AvgIpc) is 2.73. The van der Waals surface area contributed by atoms with Crippen molar-refractivity contribution in [2.45, 2.75) is 31.1 Å². The number of fused-ring (bicyclic) bond motifs is 1. The van der Waals surface area contributed by atoms with Crippen LogP contribution in [0.4, 0.5) is 15.8 Å². The highest BCUT2D eigenvalue weighted by Crippen LogP contribution is 2.38. The van der Waals surface area contributed by atoms with E-state index in [9.17, 15) is 13.7 Å². The fourth-order valence-corrected chi connectivity index (χ4v) is 5.01. The van der Waals surface area contributed by atoms with E-state index in [1.807, 2.05) is 24.3 Å². The molecule has 1 aliphatic heterocycles. The first-order valence-electron chi connectivity index (χ1n) is 9.28. The van der Waals surface area contributed by atoms with Crippen molar-refractivity contribution in [3.63, 3.8) is 0 Å². The molecule has 0 radical (unpaired) electrons.